The number of hydrogen-bond acceptors (Lipinski definition) is 6. The monoisotopic (exact) mass is 571 g/mol. The molecule has 0 spiro atoms. The summed E-state index contributed by atoms with van der Waals surface area (Å²) < 4.78 is 58.5. The number of rotatable bonds is 12. The highest BCUT2D eigenvalue weighted by molar-refractivity contribution is 7.92. The van der Waals surface area contributed by atoms with Crippen molar-refractivity contribution in [3.05, 3.63) is 53.1 Å². The third-order valence-corrected chi connectivity index (χ3v) is 9.40. The van der Waals surface area contributed by atoms with E-state index in [9.17, 15) is 21.6 Å². The second-order valence-corrected chi connectivity index (χ2v) is 13.3. The summed E-state index contributed by atoms with van der Waals surface area (Å²) in [5.74, 6) is 0.287. The van der Waals surface area contributed by atoms with E-state index in [1.54, 1.807) is 37.3 Å². The molecule has 3 rings (SSSR count). The van der Waals surface area contributed by atoms with Crippen molar-refractivity contribution in [1.29, 1.82) is 0 Å². The SMILES string of the molecule is Cc1ccc(Cl)cc1N(CCCC(=O)NCCOc1ccc(S(=O)(=O)N2CCCCC2)cc1)S(C)(=O)=O. The molecule has 1 aliphatic rings. The Bertz CT molecular complexity index is 1280. The second-order valence-electron chi connectivity index (χ2n) is 9.00. The highest BCUT2D eigenvalue weighted by Crippen LogP contribution is 2.27. The Balaban J connectivity index is 1.42. The van der Waals surface area contributed by atoms with E-state index in [1.807, 2.05) is 0 Å². The number of anilines is 1. The normalized spacial score (nSPS) is 14.8. The molecule has 1 heterocycles. The van der Waals surface area contributed by atoms with Crippen LogP contribution in [0.15, 0.2) is 47.4 Å². The van der Waals surface area contributed by atoms with Crippen LogP contribution in [0.1, 0.15) is 37.7 Å². The summed E-state index contributed by atoms with van der Waals surface area (Å²) in [4.78, 5) is 12.5. The van der Waals surface area contributed by atoms with Gasteiger partial charge in [-0.1, -0.05) is 24.1 Å². The Labute approximate surface area is 224 Å². The minimum atomic E-state index is -3.54. The standard InChI is InChI=1S/C25H34ClN3O6S2/c1-20-8-9-21(26)19-24(20)29(36(2,31)32)17-6-7-25(30)27-14-18-35-22-10-12-23(13-11-22)37(33,34)28-15-4-3-5-16-28/h8-13,19H,3-7,14-18H2,1-2H3,(H,27,30). The molecule has 1 fully saturated rings. The Morgan fingerprint density at radius 3 is 2.38 bits per heavy atom. The van der Waals surface area contributed by atoms with Gasteiger partial charge in [-0.3, -0.25) is 9.10 Å². The highest BCUT2D eigenvalue weighted by atomic mass is 35.5. The number of nitrogens with one attached hydrogen (secondary N) is 1. The number of aryl methyl sites for hydroxylation is 1. The van der Waals surface area contributed by atoms with Gasteiger partial charge >= 0.3 is 0 Å². The fraction of sp³-hybridized carbons (Fsp3) is 0.480. The molecule has 0 aromatic heterocycles. The molecule has 12 heteroatoms. The molecule has 9 nitrogen and oxygen atoms in total. The van der Waals surface area contributed by atoms with Crippen LogP contribution in [0.5, 0.6) is 5.75 Å². The van der Waals surface area contributed by atoms with E-state index in [-0.39, 0.29) is 36.9 Å². The zero-order chi connectivity index (χ0) is 27.1. The molecule has 1 amide bonds. The smallest absolute Gasteiger partial charge is 0.243 e. The van der Waals surface area contributed by atoms with Crippen molar-refractivity contribution < 1.29 is 26.4 Å². The minimum Gasteiger partial charge on any atom is -0.492 e. The fourth-order valence-corrected chi connectivity index (χ4v) is 6.81. The summed E-state index contributed by atoms with van der Waals surface area (Å²) in [5, 5.41) is 3.18. The molecule has 37 heavy (non-hydrogen) atoms. The van der Waals surface area contributed by atoms with Crippen LogP contribution in [0.2, 0.25) is 5.02 Å². The number of benzene rings is 2. The van der Waals surface area contributed by atoms with E-state index in [0.29, 0.717) is 36.0 Å². The average molecular weight is 572 g/mol. The molecule has 2 aromatic rings. The van der Waals surface area contributed by atoms with Gasteiger partial charge in [-0.15, -0.1) is 0 Å². The van der Waals surface area contributed by atoms with Gasteiger partial charge in [0.1, 0.15) is 12.4 Å². The largest absolute Gasteiger partial charge is 0.492 e. The number of sulfonamides is 2. The van der Waals surface area contributed by atoms with Gasteiger partial charge in [-0.25, -0.2) is 16.8 Å². The summed E-state index contributed by atoms with van der Waals surface area (Å²) in [6, 6.07) is 11.3. The predicted molar refractivity (Wildman–Crippen MR) is 145 cm³/mol. The first-order chi connectivity index (χ1) is 17.5. The summed E-state index contributed by atoms with van der Waals surface area (Å²) in [5.41, 5.74) is 1.27. The van der Waals surface area contributed by atoms with Crippen LogP contribution >= 0.6 is 11.6 Å². The van der Waals surface area contributed by atoms with Gasteiger partial charge < -0.3 is 10.1 Å². The second kappa shape index (κ2) is 12.9. The number of amides is 1. The summed E-state index contributed by atoms with van der Waals surface area (Å²) >= 11 is 6.04. The van der Waals surface area contributed by atoms with Gasteiger partial charge in [0.25, 0.3) is 0 Å². The molecule has 0 radical (unpaired) electrons. The average Bonchev–Trinajstić information content (AvgIpc) is 2.86. The Hall–Kier alpha value is -2.34. The number of nitrogens with zero attached hydrogens (tertiary/aromatic N) is 2. The molecule has 0 aliphatic carbocycles. The van der Waals surface area contributed by atoms with Gasteiger partial charge in [0.05, 0.1) is 23.4 Å². The van der Waals surface area contributed by atoms with E-state index in [0.717, 1.165) is 31.1 Å². The minimum absolute atomic E-state index is 0.148. The predicted octanol–water partition coefficient (Wildman–Crippen LogP) is 3.56. The van der Waals surface area contributed by atoms with E-state index < -0.39 is 20.0 Å². The number of carbonyl (C=O) groups is 1. The van der Waals surface area contributed by atoms with Gasteiger partial charge in [0.2, 0.25) is 26.0 Å². The summed E-state index contributed by atoms with van der Waals surface area (Å²) in [7, 11) is -7.03. The van der Waals surface area contributed by atoms with Crippen LogP contribution < -0.4 is 14.4 Å². The van der Waals surface area contributed by atoms with E-state index in [1.165, 1.54) is 20.7 Å². The molecule has 0 bridgehead atoms. The Morgan fingerprint density at radius 1 is 1.05 bits per heavy atom. The zero-order valence-corrected chi connectivity index (χ0v) is 23.5. The topological polar surface area (TPSA) is 113 Å². The molecule has 0 atom stereocenters. The van der Waals surface area contributed by atoms with Crippen molar-refractivity contribution in [2.45, 2.75) is 43.9 Å². The van der Waals surface area contributed by atoms with Gasteiger partial charge in [0, 0.05) is 31.1 Å². The lowest BCUT2D eigenvalue weighted by Gasteiger charge is -2.25. The molecule has 204 valence electrons. The maximum atomic E-state index is 12.7. The van der Waals surface area contributed by atoms with Crippen molar-refractivity contribution in [3.63, 3.8) is 0 Å². The maximum absolute atomic E-state index is 12.7. The van der Waals surface area contributed by atoms with Crippen LogP contribution in [0.4, 0.5) is 5.69 Å². The molecule has 1 saturated heterocycles. The first-order valence-corrected chi connectivity index (χ1v) is 15.9. The number of ether oxygens (including phenoxy) is 1. The Morgan fingerprint density at radius 2 is 1.73 bits per heavy atom. The fourth-order valence-electron chi connectivity index (χ4n) is 4.11. The first-order valence-electron chi connectivity index (χ1n) is 12.2. The third kappa shape index (κ3) is 8.33. The zero-order valence-electron chi connectivity index (χ0n) is 21.2. The van der Waals surface area contributed by atoms with Crippen LogP contribution in [-0.4, -0.2) is 66.1 Å². The Kier molecular flexibility index (Phi) is 10.2. The molecule has 1 N–H and O–H groups in total. The highest BCUT2D eigenvalue weighted by Gasteiger charge is 2.25. The van der Waals surface area contributed by atoms with E-state index in [2.05, 4.69) is 5.32 Å². The van der Waals surface area contributed by atoms with Crippen LogP contribution in [0, 0.1) is 6.92 Å². The molecular formula is C25H34ClN3O6S2. The van der Waals surface area contributed by atoms with Crippen molar-refractivity contribution >= 4 is 43.2 Å². The van der Waals surface area contributed by atoms with Crippen LogP contribution in [-0.2, 0) is 24.8 Å². The van der Waals surface area contributed by atoms with Crippen molar-refractivity contribution in [1.82, 2.24) is 9.62 Å². The molecule has 0 saturated carbocycles. The number of piperidine rings is 1. The lowest BCUT2D eigenvalue weighted by atomic mass is 10.2. The molecule has 1 aliphatic heterocycles. The number of carbonyl (C=O) groups excluding carboxylic acids is 1. The maximum Gasteiger partial charge on any atom is 0.243 e. The van der Waals surface area contributed by atoms with E-state index in [4.69, 9.17) is 16.3 Å². The molecule has 2 aromatic carbocycles. The van der Waals surface area contributed by atoms with Gasteiger partial charge in [-0.05, 0) is 68.1 Å². The van der Waals surface area contributed by atoms with Gasteiger partial charge in [-0.2, -0.15) is 4.31 Å². The third-order valence-electron chi connectivity index (χ3n) is 6.07. The van der Waals surface area contributed by atoms with E-state index >= 15 is 0 Å². The first kappa shape index (κ1) is 29.2. The lowest BCUT2D eigenvalue weighted by molar-refractivity contribution is -0.121. The van der Waals surface area contributed by atoms with Crippen LogP contribution in [0.25, 0.3) is 0 Å². The molecular weight excluding hydrogens is 538 g/mol. The summed E-state index contributed by atoms with van der Waals surface area (Å²) in [6.07, 6.45) is 4.41. The van der Waals surface area contributed by atoms with Crippen molar-refractivity contribution in [2.24, 2.45) is 0 Å². The number of halogens is 1. The van der Waals surface area contributed by atoms with Crippen molar-refractivity contribution in [2.75, 3.05) is 43.3 Å². The van der Waals surface area contributed by atoms with Gasteiger partial charge in [0.15, 0.2) is 0 Å². The van der Waals surface area contributed by atoms with Crippen LogP contribution in [0.3, 0.4) is 0 Å². The van der Waals surface area contributed by atoms with Crippen molar-refractivity contribution in [3.8, 4) is 5.75 Å². The summed E-state index contributed by atoms with van der Waals surface area (Å²) in [6.45, 7) is 3.52. The lowest BCUT2D eigenvalue weighted by Crippen LogP contribution is -2.35. The quantitative estimate of drug-likeness (QED) is 0.390. The molecule has 0 unspecified atom stereocenters. The number of hydrogen-bond donors (Lipinski definition) is 1.